The molecule has 2 aromatic rings. The molecule has 0 radical (unpaired) electrons. The molecule has 0 atom stereocenters. The van der Waals surface area contributed by atoms with Crippen molar-refractivity contribution in [2.45, 2.75) is 13.8 Å². The molecule has 7 nitrogen and oxygen atoms in total. The Kier molecular flexibility index (Phi) is 3.46. The van der Waals surface area contributed by atoms with Crippen LogP contribution in [0, 0.1) is 24.0 Å². The predicted molar refractivity (Wildman–Crippen MR) is 71.7 cm³/mol. The summed E-state index contributed by atoms with van der Waals surface area (Å²) in [6, 6.07) is 4.50. The van der Waals surface area contributed by atoms with Crippen LogP contribution in [0.15, 0.2) is 18.2 Å². The number of carboxylic acid groups (broad SMARTS) is 1. The summed E-state index contributed by atoms with van der Waals surface area (Å²) >= 11 is 5.88. The summed E-state index contributed by atoms with van der Waals surface area (Å²) < 4.78 is 1.22. The Morgan fingerprint density at radius 3 is 2.60 bits per heavy atom. The van der Waals surface area contributed by atoms with Crippen LogP contribution in [-0.4, -0.2) is 25.8 Å². The summed E-state index contributed by atoms with van der Waals surface area (Å²) in [5, 5.41) is 24.3. The van der Waals surface area contributed by atoms with Gasteiger partial charge in [-0.05, 0) is 26.0 Å². The van der Waals surface area contributed by atoms with E-state index in [2.05, 4.69) is 5.10 Å². The van der Waals surface area contributed by atoms with Gasteiger partial charge in [-0.25, -0.2) is 9.48 Å². The Morgan fingerprint density at radius 1 is 1.45 bits per heavy atom. The van der Waals surface area contributed by atoms with E-state index in [1.165, 1.54) is 30.7 Å². The molecule has 1 N–H and O–H groups in total. The molecule has 1 aromatic carbocycles. The molecule has 0 unspecified atom stereocenters. The molecular weight excluding hydrogens is 286 g/mol. The summed E-state index contributed by atoms with van der Waals surface area (Å²) in [4.78, 5) is 21.7. The zero-order valence-corrected chi connectivity index (χ0v) is 11.4. The van der Waals surface area contributed by atoms with Crippen molar-refractivity contribution in [3.8, 4) is 5.69 Å². The Balaban J connectivity index is 2.77. The van der Waals surface area contributed by atoms with Crippen LogP contribution in [0.5, 0.6) is 0 Å². The van der Waals surface area contributed by atoms with Gasteiger partial charge >= 0.3 is 11.7 Å². The van der Waals surface area contributed by atoms with Crippen molar-refractivity contribution >= 4 is 23.3 Å². The second-order valence-corrected chi connectivity index (χ2v) is 4.53. The Bertz CT molecular complexity index is 724. The number of aromatic carboxylic acids is 1. The molecule has 0 fully saturated rings. The van der Waals surface area contributed by atoms with Crippen LogP contribution in [0.4, 0.5) is 5.69 Å². The van der Waals surface area contributed by atoms with Crippen molar-refractivity contribution in [1.82, 2.24) is 9.78 Å². The average Bonchev–Trinajstić information content (AvgIpc) is 2.63. The molecule has 1 aromatic heterocycles. The molecule has 0 saturated heterocycles. The fraction of sp³-hybridized carbons (Fsp3) is 0.167. The fourth-order valence-corrected chi connectivity index (χ4v) is 2.28. The summed E-state index contributed by atoms with van der Waals surface area (Å²) in [5.74, 6) is -1.22. The molecule has 1 heterocycles. The molecule has 8 heteroatoms. The van der Waals surface area contributed by atoms with Gasteiger partial charge in [-0.15, -0.1) is 0 Å². The van der Waals surface area contributed by atoms with Crippen LogP contribution >= 0.6 is 11.6 Å². The highest BCUT2D eigenvalue weighted by molar-refractivity contribution is 6.34. The van der Waals surface area contributed by atoms with Gasteiger partial charge in [0.05, 0.1) is 15.6 Å². The van der Waals surface area contributed by atoms with Crippen LogP contribution in [0.3, 0.4) is 0 Å². The highest BCUT2D eigenvalue weighted by Crippen LogP contribution is 2.29. The van der Waals surface area contributed by atoms with E-state index in [0.29, 0.717) is 0 Å². The fourth-order valence-electron chi connectivity index (χ4n) is 2.03. The molecule has 0 saturated carbocycles. The first-order valence-corrected chi connectivity index (χ1v) is 5.95. The van der Waals surface area contributed by atoms with Crippen molar-refractivity contribution in [3.63, 3.8) is 0 Å². The Labute approximate surface area is 118 Å². The second-order valence-electron chi connectivity index (χ2n) is 4.13. The molecule has 0 bridgehead atoms. The van der Waals surface area contributed by atoms with E-state index in [4.69, 9.17) is 11.6 Å². The first-order valence-electron chi connectivity index (χ1n) is 5.57. The third-order valence-electron chi connectivity index (χ3n) is 2.87. The van der Waals surface area contributed by atoms with E-state index in [0.717, 1.165) is 0 Å². The smallest absolute Gasteiger partial charge is 0.339 e. The zero-order chi connectivity index (χ0) is 15.0. The van der Waals surface area contributed by atoms with Crippen LogP contribution in [0.25, 0.3) is 5.69 Å². The number of benzene rings is 1. The quantitative estimate of drug-likeness (QED) is 0.693. The standard InChI is InChI=1S/C12H10ClN3O4/c1-6-11(16(19)20)7(2)15(14-6)9-5-3-4-8(13)10(9)12(17)18/h3-5H,1-2H3,(H,17,18). The molecule has 0 aliphatic carbocycles. The first kappa shape index (κ1) is 14.0. The monoisotopic (exact) mass is 295 g/mol. The first-order chi connectivity index (χ1) is 9.34. The molecular formula is C12H10ClN3O4. The maximum absolute atomic E-state index is 11.3. The number of aromatic nitrogens is 2. The van der Waals surface area contributed by atoms with Crippen molar-refractivity contribution in [2.75, 3.05) is 0 Å². The number of nitro groups is 1. The van der Waals surface area contributed by atoms with Gasteiger partial charge in [0, 0.05) is 0 Å². The van der Waals surface area contributed by atoms with Gasteiger partial charge in [-0.1, -0.05) is 17.7 Å². The number of aryl methyl sites for hydroxylation is 1. The lowest BCUT2D eigenvalue weighted by molar-refractivity contribution is -0.386. The van der Waals surface area contributed by atoms with Crippen molar-refractivity contribution < 1.29 is 14.8 Å². The molecule has 0 spiro atoms. The van der Waals surface area contributed by atoms with Gasteiger partial charge in [0.1, 0.15) is 17.0 Å². The van der Waals surface area contributed by atoms with E-state index in [1.54, 1.807) is 6.07 Å². The van der Waals surface area contributed by atoms with E-state index in [9.17, 15) is 20.0 Å². The van der Waals surface area contributed by atoms with Crippen LogP contribution in [0.1, 0.15) is 21.7 Å². The summed E-state index contributed by atoms with van der Waals surface area (Å²) in [6.45, 7) is 3.00. The number of rotatable bonds is 3. The lowest BCUT2D eigenvalue weighted by Gasteiger charge is -2.08. The van der Waals surface area contributed by atoms with Gasteiger partial charge in [0.15, 0.2) is 0 Å². The molecule has 104 valence electrons. The number of nitrogens with zero attached hydrogens (tertiary/aromatic N) is 3. The lowest BCUT2D eigenvalue weighted by Crippen LogP contribution is -2.08. The van der Waals surface area contributed by atoms with Crippen molar-refractivity contribution in [1.29, 1.82) is 0 Å². The lowest BCUT2D eigenvalue weighted by atomic mass is 10.1. The Morgan fingerprint density at radius 2 is 2.10 bits per heavy atom. The second kappa shape index (κ2) is 4.93. The molecule has 0 aliphatic heterocycles. The number of hydrogen-bond donors (Lipinski definition) is 1. The Hall–Kier alpha value is -2.41. The predicted octanol–water partition coefficient (Wildman–Crippen LogP) is 2.75. The van der Waals surface area contributed by atoms with Gasteiger partial charge in [0.25, 0.3) is 0 Å². The van der Waals surface area contributed by atoms with E-state index in [1.807, 2.05) is 0 Å². The average molecular weight is 296 g/mol. The maximum atomic E-state index is 11.3. The number of hydrogen-bond acceptors (Lipinski definition) is 4. The topological polar surface area (TPSA) is 98.3 Å². The number of carbonyl (C=O) groups is 1. The normalized spacial score (nSPS) is 10.6. The van der Waals surface area contributed by atoms with E-state index in [-0.39, 0.29) is 33.3 Å². The minimum atomic E-state index is -1.22. The SMILES string of the molecule is Cc1nn(-c2cccc(Cl)c2C(=O)O)c(C)c1[N+](=O)[O-]. The van der Waals surface area contributed by atoms with Crippen LogP contribution in [0.2, 0.25) is 5.02 Å². The van der Waals surface area contributed by atoms with Crippen LogP contribution < -0.4 is 0 Å². The largest absolute Gasteiger partial charge is 0.478 e. The minimum Gasteiger partial charge on any atom is -0.478 e. The molecule has 20 heavy (non-hydrogen) atoms. The number of halogens is 1. The highest BCUT2D eigenvalue weighted by atomic mass is 35.5. The van der Waals surface area contributed by atoms with E-state index < -0.39 is 10.9 Å². The van der Waals surface area contributed by atoms with Crippen molar-refractivity contribution in [2.24, 2.45) is 0 Å². The third kappa shape index (κ3) is 2.12. The van der Waals surface area contributed by atoms with Gasteiger partial charge < -0.3 is 5.11 Å². The summed E-state index contributed by atoms with van der Waals surface area (Å²) in [5.41, 5.74) is 0.371. The van der Waals surface area contributed by atoms with Crippen LogP contribution in [-0.2, 0) is 0 Å². The highest BCUT2D eigenvalue weighted by Gasteiger charge is 2.25. The van der Waals surface area contributed by atoms with Gasteiger partial charge in [-0.2, -0.15) is 5.10 Å². The van der Waals surface area contributed by atoms with Crippen molar-refractivity contribution in [3.05, 3.63) is 50.3 Å². The third-order valence-corrected chi connectivity index (χ3v) is 3.18. The molecule has 0 amide bonds. The van der Waals surface area contributed by atoms with Gasteiger partial charge in [0.2, 0.25) is 0 Å². The van der Waals surface area contributed by atoms with Gasteiger partial charge in [-0.3, -0.25) is 10.1 Å². The zero-order valence-electron chi connectivity index (χ0n) is 10.6. The molecule has 0 aliphatic rings. The summed E-state index contributed by atoms with van der Waals surface area (Å²) in [7, 11) is 0. The van der Waals surface area contributed by atoms with E-state index >= 15 is 0 Å². The molecule has 2 rings (SSSR count). The number of carboxylic acids is 1. The maximum Gasteiger partial charge on any atom is 0.339 e. The minimum absolute atomic E-state index is 0.0465. The summed E-state index contributed by atoms with van der Waals surface area (Å²) in [6.07, 6.45) is 0.